The van der Waals surface area contributed by atoms with Crippen molar-refractivity contribution in [2.45, 2.75) is 122 Å². The van der Waals surface area contributed by atoms with Gasteiger partial charge < -0.3 is 11.1 Å². The molecular weight excluding hydrogens is 316 g/mol. The van der Waals surface area contributed by atoms with Crippen molar-refractivity contribution in [1.82, 2.24) is 5.32 Å². The molecule has 26 heavy (non-hydrogen) atoms. The topological polar surface area (TPSA) is 38.0 Å². The van der Waals surface area contributed by atoms with Crippen LogP contribution in [0.15, 0.2) is 12.2 Å². The van der Waals surface area contributed by atoms with Gasteiger partial charge in [-0.15, -0.1) is 0 Å². The van der Waals surface area contributed by atoms with E-state index in [1.54, 1.807) is 0 Å². The summed E-state index contributed by atoms with van der Waals surface area (Å²) in [6, 6.07) is 0. The third-order valence-corrected chi connectivity index (χ3v) is 4.72. The van der Waals surface area contributed by atoms with Gasteiger partial charge in [0.1, 0.15) is 0 Å². The molecule has 0 bridgehead atoms. The molecule has 0 aromatic heterocycles. The molecule has 0 aliphatic rings. The number of allylic oxidation sites excluding steroid dienone is 2. The SMILES string of the molecule is CCCCCCCC/C=C\CCCCCCCCCCCCN.CNC. The van der Waals surface area contributed by atoms with Gasteiger partial charge in [-0.25, -0.2) is 0 Å². The quantitative estimate of drug-likeness (QED) is 0.184. The minimum Gasteiger partial charge on any atom is -0.330 e. The van der Waals surface area contributed by atoms with Crippen LogP contribution in [-0.4, -0.2) is 20.6 Å². The molecule has 2 nitrogen and oxygen atoms in total. The Kier molecular flexibility index (Phi) is 31.5. The molecule has 0 amide bonds. The van der Waals surface area contributed by atoms with Crippen LogP contribution >= 0.6 is 0 Å². The first-order valence-electron chi connectivity index (χ1n) is 11.8. The summed E-state index contributed by atoms with van der Waals surface area (Å²) in [6.07, 6.45) is 29.8. The summed E-state index contributed by atoms with van der Waals surface area (Å²) in [5.74, 6) is 0. The highest BCUT2D eigenvalue weighted by molar-refractivity contribution is 4.81. The molecule has 0 unspecified atom stereocenters. The van der Waals surface area contributed by atoms with Gasteiger partial charge in [-0.1, -0.05) is 103 Å². The highest BCUT2D eigenvalue weighted by atomic mass is 14.7. The maximum atomic E-state index is 5.50. The van der Waals surface area contributed by atoms with Crippen molar-refractivity contribution < 1.29 is 0 Å². The average Bonchev–Trinajstić information content (AvgIpc) is 2.64. The summed E-state index contributed by atoms with van der Waals surface area (Å²) in [6.45, 7) is 3.15. The number of rotatable bonds is 19. The fourth-order valence-electron chi connectivity index (χ4n) is 3.10. The Labute approximate surface area is 166 Å². The third-order valence-electron chi connectivity index (χ3n) is 4.72. The van der Waals surface area contributed by atoms with E-state index in [9.17, 15) is 0 Å². The maximum absolute atomic E-state index is 5.50. The minimum absolute atomic E-state index is 0.868. The highest BCUT2D eigenvalue weighted by Gasteiger charge is 1.92. The predicted octanol–water partition coefficient (Wildman–Crippen LogP) is 7.38. The van der Waals surface area contributed by atoms with Crippen molar-refractivity contribution in [3.8, 4) is 0 Å². The van der Waals surface area contributed by atoms with E-state index in [-0.39, 0.29) is 0 Å². The molecule has 0 heterocycles. The van der Waals surface area contributed by atoms with Gasteiger partial charge in [-0.05, 0) is 52.7 Å². The second-order valence-electron chi connectivity index (χ2n) is 7.64. The predicted molar refractivity (Wildman–Crippen MR) is 122 cm³/mol. The summed E-state index contributed by atoms with van der Waals surface area (Å²) >= 11 is 0. The van der Waals surface area contributed by atoms with Crippen LogP contribution in [0.2, 0.25) is 0 Å². The largest absolute Gasteiger partial charge is 0.330 e. The van der Waals surface area contributed by atoms with Crippen LogP contribution in [0.1, 0.15) is 122 Å². The van der Waals surface area contributed by atoms with Gasteiger partial charge in [-0.2, -0.15) is 0 Å². The standard InChI is InChI=1S/C22H45N.C2H7N/c1-2-3-4-5-6-7-8-9-10-11-12-13-14-15-16-17-18-19-20-21-22-23;1-3-2/h9-10H,2-8,11-23H2,1H3;3H,1-2H3/b10-9-;. The Balaban J connectivity index is 0. The van der Waals surface area contributed by atoms with E-state index in [0.29, 0.717) is 0 Å². The Morgan fingerprint density at radius 1 is 0.538 bits per heavy atom. The molecule has 0 fully saturated rings. The lowest BCUT2D eigenvalue weighted by molar-refractivity contribution is 0.554. The molecule has 0 saturated heterocycles. The number of unbranched alkanes of at least 4 members (excludes halogenated alkanes) is 16. The summed E-state index contributed by atoms with van der Waals surface area (Å²) in [7, 11) is 3.75. The van der Waals surface area contributed by atoms with E-state index >= 15 is 0 Å². The van der Waals surface area contributed by atoms with E-state index in [1.165, 1.54) is 116 Å². The fraction of sp³-hybridized carbons (Fsp3) is 0.917. The maximum Gasteiger partial charge on any atom is -0.00773 e. The van der Waals surface area contributed by atoms with Gasteiger partial charge >= 0.3 is 0 Å². The zero-order valence-electron chi connectivity index (χ0n) is 18.7. The lowest BCUT2D eigenvalue weighted by Gasteiger charge is -2.01. The number of hydrogen-bond donors (Lipinski definition) is 2. The molecule has 158 valence electrons. The van der Waals surface area contributed by atoms with E-state index < -0.39 is 0 Å². The second-order valence-corrected chi connectivity index (χ2v) is 7.64. The molecule has 0 saturated carbocycles. The molecule has 2 heteroatoms. The van der Waals surface area contributed by atoms with Crippen LogP contribution in [-0.2, 0) is 0 Å². The first kappa shape index (κ1) is 27.9. The molecule has 0 aliphatic carbocycles. The lowest BCUT2D eigenvalue weighted by atomic mass is 10.1. The first-order valence-corrected chi connectivity index (χ1v) is 11.8. The second kappa shape index (κ2) is 29.4. The Morgan fingerprint density at radius 3 is 1.19 bits per heavy atom. The smallest absolute Gasteiger partial charge is 0.00773 e. The van der Waals surface area contributed by atoms with Gasteiger partial charge in [0.15, 0.2) is 0 Å². The van der Waals surface area contributed by atoms with Gasteiger partial charge in [-0.3, -0.25) is 0 Å². The van der Waals surface area contributed by atoms with Crippen molar-refractivity contribution in [3.63, 3.8) is 0 Å². The molecule has 0 aromatic carbocycles. The summed E-state index contributed by atoms with van der Waals surface area (Å²) < 4.78 is 0. The zero-order chi connectivity index (χ0) is 19.6. The van der Waals surface area contributed by atoms with Gasteiger partial charge in [0.05, 0.1) is 0 Å². The summed E-state index contributed by atoms with van der Waals surface area (Å²) in [5, 5.41) is 2.75. The van der Waals surface area contributed by atoms with Crippen LogP contribution in [0.5, 0.6) is 0 Å². The monoisotopic (exact) mass is 368 g/mol. The Hall–Kier alpha value is -0.340. The van der Waals surface area contributed by atoms with Crippen LogP contribution in [0, 0.1) is 0 Å². The number of hydrogen-bond acceptors (Lipinski definition) is 2. The van der Waals surface area contributed by atoms with Gasteiger partial charge in [0.25, 0.3) is 0 Å². The van der Waals surface area contributed by atoms with Crippen LogP contribution < -0.4 is 11.1 Å². The molecule has 3 N–H and O–H groups in total. The van der Waals surface area contributed by atoms with E-state index in [2.05, 4.69) is 24.4 Å². The van der Waals surface area contributed by atoms with Crippen molar-refractivity contribution in [3.05, 3.63) is 12.2 Å². The Bertz CT molecular complexity index is 238. The van der Waals surface area contributed by atoms with Crippen molar-refractivity contribution >= 4 is 0 Å². The minimum atomic E-state index is 0.868. The zero-order valence-corrected chi connectivity index (χ0v) is 18.7. The Morgan fingerprint density at radius 2 is 0.846 bits per heavy atom. The fourth-order valence-corrected chi connectivity index (χ4v) is 3.10. The lowest BCUT2D eigenvalue weighted by Crippen LogP contribution is -1.97. The molecular formula is C24H52N2. The molecule has 0 aromatic rings. The van der Waals surface area contributed by atoms with Crippen LogP contribution in [0.25, 0.3) is 0 Å². The van der Waals surface area contributed by atoms with E-state index in [1.807, 2.05) is 14.1 Å². The summed E-state index contributed by atoms with van der Waals surface area (Å²) in [4.78, 5) is 0. The van der Waals surface area contributed by atoms with E-state index in [4.69, 9.17) is 5.73 Å². The van der Waals surface area contributed by atoms with Crippen molar-refractivity contribution in [1.29, 1.82) is 0 Å². The highest BCUT2D eigenvalue weighted by Crippen LogP contribution is 2.12. The number of nitrogens with two attached hydrogens (primary N) is 1. The molecule has 0 spiro atoms. The van der Waals surface area contributed by atoms with Crippen LogP contribution in [0.3, 0.4) is 0 Å². The average molecular weight is 369 g/mol. The molecule has 0 aliphatic heterocycles. The van der Waals surface area contributed by atoms with Crippen molar-refractivity contribution in [2.75, 3.05) is 20.6 Å². The van der Waals surface area contributed by atoms with Crippen molar-refractivity contribution in [2.24, 2.45) is 5.73 Å². The van der Waals surface area contributed by atoms with Gasteiger partial charge in [0, 0.05) is 0 Å². The number of nitrogens with one attached hydrogen (secondary N) is 1. The molecule has 0 atom stereocenters. The first-order chi connectivity index (χ1) is 12.8. The van der Waals surface area contributed by atoms with Crippen LogP contribution in [0.4, 0.5) is 0 Å². The normalized spacial score (nSPS) is 10.9. The van der Waals surface area contributed by atoms with Gasteiger partial charge in [0.2, 0.25) is 0 Å². The third kappa shape index (κ3) is 31.4. The van der Waals surface area contributed by atoms with E-state index in [0.717, 1.165) is 6.54 Å². The summed E-state index contributed by atoms with van der Waals surface area (Å²) in [5.41, 5.74) is 5.50. The molecule has 0 rings (SSSR count). The molecule has 0 radical (unpaired) electrons.